The third-order valence-electron chi connectivity index (χ3n) is 5.15. The minimum absolute atomic E-state index is 0.0829. The van der Waals surface area contributed by atoms with E-state index in [4.69, 9.17) is 16.3 Å². The van der Waals surface area contributed by atoms with Gasteiger partial charge in [-0.25, -0.2) is 4.39 Å². The van der Waals surface area contributed by atoms with Crippen molar-refractivity contribution < 1.29 is 18.7 Å². The minimum atomic E-state index is -0.526. The van der Waals surface area contributed by atoms with Crippen LogP contribution in [0.5, 0.6) is 5.75 Å². The van der Waals surface area contributed by atoms with Crippen molar-refractivity contribution in [2.45, 2.75) is 13.0 Å². The summed E-state index contributed by atoms with van der Waals surface area (Å²) in [5.41, 5.74) is 7.67. The normalized spacial score (nSPS) is 15.5. The summed E-state index contributed by atoms with van der Waals surface area (Å²) in [4.78, 5) is 26.5. The van der Waals surface area contributed by atoms with Crippen molar-refractivity contribution in [1.82, 2.24) is 5.43 Å². The number of ether oxygens (including phenoxy) is 1. The van der Waals surface area contributed by atoms with Crippen LogP contribution < -0.4 is 20.5 Å². The number of carbonyl (C=O) groups excluding carboxylic acids is 2. The molecule has 8 heteroatoms. The Morgan fingerprint density at radius 3 is 2.53 bits per heavy atom. The minimum Gasteiger partial charge on any atom is -0.487 e. The lowest BCUT2D eigenvalue weighted by Gasteiger charge is -2.17. The van der Waals surface area contributed by atoms with Crippen LogP contribution in [-0.2, 0) is 16.2 Å². The maximum atomic E-state index is 13.1. The van der Waals surface area contributed by atoms with E-state index >= 15 is 0 Å². The number of nitrogens with one attached hydrogen (secondary N) is 2. The molecule has 3 aromatic carbocycles. The van der Waals surface area contributed by atoms with E-state index < -0.39 is 5.92 Å². The Kier molecular flexibility index (Phi) is 6.56. The van der Waals surface area contributed by atoms with E-state index in [2.05, 4.69) is 10.9 Å². The number of halogens is 2. The molecule has 2 amide bonds. The first kappa shape index (κ1) is 21.6. The van der Waals surface area contributed by atoms with E-state index in [1.165, 1.54) is 29.2 Å². The zero-order chi connectivity index (χ0) is 22.5. The molecule has 1 fully saturated rings. The first-order valence-electron chi connectivity index (χ1n) is 10.1. The van der Waals surface area contributed by atoms with Crippen molar-refractivity contribution in [2.24, 2.45) is 5.92 Å². The number of amides is 2. The number of hydrogen-bond acceptors (Lipinski definition) is 4. The summed E-state index contributed by atoms with van der Waals surface area (Å²) in [6.07, 6.45) is 0.0829. The first-order valence-corrected chi connectivity index (χ1v) is 10.5. The lowest BCUT2D eigenvalue weighted by Crippen LogP contribution is -2.36. The Labute approximate surface area is 189 Å². The van der Waals surface area contributed by atoms with E-state index in [1.54, 1.807) is 24.3 Å². The fourth-order valence-corrected chi connectivity index (χ4v) is 3.55. The number of rotatable bonds is 7. The predicted octanol–water partition coefficient (Wildman–Crippen LogP) is 4.55. The Hall–Kier alpha value is -3.58. The van der Waals surface area contributed by atoms with Gasteiger partial charge in [0.25, 0.3) is 0 Å². The summed E-state index contributed by atoms with van der Waals surface area (Å²) in [5, 5.41) is 0.655. The quantitative estimate of drug-likeness (QED) is 0.515. The smallest absolute Gasteiger partial charge is 0.243 e. The Morgan fingerprint density at radius 2 is 1.78 bits per heavy atom. The van der Waals surface area contributed by atoms with Crippen LogP contribution in [0.4, 0.5) is 15.8 Å². The van der Waals surface area contributed by atoms with Gasteiger partial charge in [0.05, 0.1) is 11.6 Å². The molecule has 2 N–H and O–H groups in total. The predicted molar refractivity (Wildman–Crippen MR) is 121 cm³/mol. The van der Waals surface area contributed by atoms with Gasteiger partial charge in [0.15, 0.2) is 0 Å². The second kappa shape index (κ2) is 9.70. The molecule has 0 saturated carbocycles. The fourth-order valence-electron chi connectivity index (χ4n) is 3.42. The Bertz CT molecular complexity index is 1110. The molecular formula is C24H21ClFN3O3. The molecule has 0 radical (unpaired) electrons. The number of hydrazine groups is 1. The summed E-state index contributed by atoms with van der Waals surface area (Å²) in [6.45, 7) is 0.570. The van der Waals surface area contributed by atoms with Crippen LogP contribution in [0.1, 0.15) is 12.0 Å². The van der Waals surface area contributed by atoms with Crippen LogP contribution in [0.25, 0.3) is 0 Å². The van der Waals surface area contributed by atoms with Crippen LogP contribution in [0.15, 0.2) is 72.8 Å². The maximum Gasteiger partial charge on any atom is 0.243 e. The number of hydrogen-bond donors (Lipinski definition) is 2. The van der Waals surface area contributed by atoms with Gasteiger partial charge in [-0.05, 0) is 54.1 Å². The van der Waals surface area contributed by atoms with Crippen molar-refractivity contribution in [3.8, 4) is 5.75 Å². The molecule has 0 spiro atoms. The molecule has 0 aromatic heterocycles. The topological polar surface area (TPSA) is 70.7 Å². The van der Waals surface area contributed by atoms with Crippen molar-refractivity contribution >= 4 is 34.8 Å². The SMILES string of the molecule is O=C(NNc1ccccc1OCc1ccc(Cl)cc1)[C@H]1CC(=O)N(c2ccc(F)cc2)C1. The zero-order valence-electron chi connectivity index (χ0n) is 17.1. The molecule has 4 rings (SSSR count). The molecule has 1 saturated heterocycles. The fraction of sp³-hybridized carbons (Fsp3) is 0.167. The third-order valence-corrected chi connectivity index (χ3v) is 5.40. The zero-order valence-corrected chi connectivity index (χ0v) is 17.8. The number of benzene rings is 3. The molecule has 1 aliphatic heterocycles. The molecule has 1 atom stereocenters. The van der Waals surface area contributed by atoms with Gasteiger partial charge in [0, 0.05) is 23.7 Å². The van der Waals surface area contributed by atoms with Gasteiger partial charge in [-0.2, -0.15) is 0 Å². The van der Waals surface area contributed by atoms with Crippen molar-refractivity contribution in [3.63, 3.8) is 0 Å². The molecule has 1 heterocycles. The van der Waals surface area contributed by atoms with Crippen LogP contribution in [0.2, 0.25) is 5.02 Å². The van der Waals surface area contributed by atoms with E-state index in [-0.39, 0.29) is 30.6 Å². The molecule has 32 heavy (non-hydrogen) atoms. The maximum absolute atomic E-state index is 13.1. The second-order valence-corrected chi connectivity index (χ2v) is 7.84. The van der Waals surface area contributed by atoms with E-state index in [9.17, 15) is 14.0 Å². The average molecular weight is 454 g/mol. The number of para-hydroxylation sites is 2. The largest absolute Gasteiger partial charge is 0.487 e. The van der Waals surface area contributed by atoms with Crippen LogP contribution in [0.3, 0.4) is 0 Å². The monoisotopic (exact) mass is 453 g/mol. The highest BCUT2D eigenvalue weighted by Gasteiger charge is 2.35. The van der Waals surface area contributed by atoms with Crippen molar-refractivity contribution in [3.05, 3.63) is 89.2 Å². The van der Waals surface area contributed by atoms with E-state index in [1.807, 2.05) is 24.3 Å². The Morgan fingerprint density at radius 1 is 1.06 bits per heavy atom. The third kappa shape index (κ3) is 5.18. The first-order chi connectivity index (χ1) is 15.5. The summed E-state index contributed by atoms with van der Waals surface area (Å²) in [6, 6.07) is 20.2. The van der Waals surface area contributed by atoms with Gasteiger partial charge >= 0.3 is 0 Å². The highest BCUT2D eigenvalue weighted by atomic mass is 35.5. The lowest BCUT2D eigenvalue weighted by molar-refractivity contribution is -0.125. The van der Waals surface area contributed by atoms with E-state index in [0.29, 0.717) is 28.8 Å². The molecule has 0 unspecified atom stereocenters. The number of anilines is 2. The van der Waals surface area contributed by atoms with Gasteiger partial charge in [0.2, 0.25) is 11.8 Å². The highest BCUT2D eigenvalue weighted by Crippen LogP contribution is 2.27. The molecule has 3 aromatic rings. The van der Waals surface area contributed by atoms with Crippen molar-refractivity contribution in [2.75, 3.05) is 16.9 Å². The van der Waals surface area contributed by atoms with Gasteiger partial charge < -0.3 is 9.64 Å². The van der Waals surface area contributed by atoms with Gasteiger partial charge in [-0.15, -0.1) is 0 Å². The molecule has 6 nitrogen and oxygen atoms in total. The molecular weight excluding hydrogens is 433 g/mol. The number of carbonyl (C=O) groups is 2. The van der Waals surface area contributed by atoms with Gasteiger partial charge in [-0.3, -0.25) is 20.4 Å². The highest BCUT2D eigenvalue weighted by molar-refractivity contribution is 6.30. The second-order valence-electron chi connectivity index (χ2n) is 7.41. The van der Waals surface area contributed by atoms with Crippen LogP contribution >= 0.6 is 11.6 Å². The standard InChI is InChI=1S/C24H21ClFN3O3/c25-18-7-5-16(6-8-18)15-32-22-4-2-1-3-21(22)27-28-24(31)17-13-23(30)29(14-17)20-11-9-19(26)10-12-20/h1-12,17,27H,13-15H2,(H,28,31)/t17-/m0/s1. The molecule has 164 valence electrons. The Balaban J connectivity index is 1.34. The van der Waals surface area contributed by atoms with Gasteiger partial charge in [-0.1, -0.05) is 35.9 Å². The van der Waals surface area contributed by atoms with Crippen molar-refractivity contribution in [1.29, 1.82) is 0 Å². The summed E-state index contributed by atoms with van der Waals surface area (Å²) in [7, 11) is 0. The van der Waals surface area contributed by atoms with Crippen LogP contribution in [0, 0.1) is 11.7 Å². The molecule has 0 aliphatic carbocycles. The average Bonchev–Trinajstić information content (AvgIpc) is 3.20. The summed E-state index contributed by atoms with van der Waals surface area (Å²) in [5.74, 6) is -0.824. The summed E-state index contributed by atoms with van der Waals surface area (Å²) < 4.78 is 19.0. The van der Waals surface area contributed by atoms with Gasteiger partial charge in [0.1, 0.15) is 18.2 Å². The van der Waals surface area contributed by atoms with E-state index in [0.717, 1.165) is 5.56 Å². The van der Waals surface area contributed by atoms with Crippen LogP contribution in [-0.4, -0.2) is 18.4 Å². The number of nitrogens with zero attached hydrogens (tertiary/aromatic N) is 1. The molecule has 0 bridgehead atoms. The summed E-state index contributed by atoms with van der Waals surface area (Å²) >= 11 is 5.91. The lowest BCUT2D eigenvalue weighted by atomic mass is 10.1. The molecule has 1 aliphatic rings.